The van der Waals surface area contributed by atoms with E-state index in [1.54, 1.807) is 0 Å². The number of hydrogen-bond donors (Lipinski definition) is 1. The van der Waals surface area contributed by atoms with Gasteiger partial charge < -0.3 is 5.11 Å². The van der Waals surface area contributed by atoms with Crippen LogP contribution in [0.3, 0.4) is 0 Å². The predicted molar refractivity (Wildman–Crippen MR) is 70.0 cm³/mol. The minimum atomic E-state index is -4.10. The van der Waals surface area contributed by atoms with Gasteiger partial charge in [0.25, 0.3) is 5.69 Å². The van der Waals surface area contributed by atoms with Gasteiger partial charge in [0.2, 0.25) is 10.0 Å². The van der Waals surface area contributed by atoms with Crippen molar-refractivity contribution < 1.29 is 23.2 Å². The van der Waals surface area contributed by atoms with Gasteiger partial charge in [-0.1, -0.05) is 0 Å². The lowest BCUT2D eigenvalue weighted by atomic mass is 10.1. The summed E-state index contributed by atoms with van der Waals surface area (Å²) < 4.78 is 25.2. The molecule has 0 spiro atoms. The number of nitrogens with zero attached hydrogens (tertiary/aromatic N) is 2. The minimum absolute atomic E-state index is 0.0159. The van der Waals surface area contributed by atoms with Crippen molar-refractivity contribution in [1.29, 1.82) is 0 Å². The molecule has 0 saturated heterocycles. The molecule has 0 heterocycles. The summed E-state index contributed by atoms with van der Waals surface area (Å²) in [6, 6.07) is 2.56. The van der Waals surface area contributed by atoms with E-state index in [0.717, 1.165) is 7.05 Å². The molecule has 0 unspecified atom stereocenters. The van der Waals surface area contributed by atoms with Crippen molar-refractivity contribution in [3.05, 3.63) is 33.4 Å². The van der Waals surface area contributed by atoms with Crippen LogP contribution in [0, 0.1) is 24.0 Å². The lowest BCUT2D eigenvalue weighted by molar-refractivity contribution is -0.385. The first-order valence-electron chi connectivity index (χ1n) is 5.51. The molecule has 1 N–H and O–H groups in total. The molecule has 1 aromatic rings. The molecule has 1 rings (SSSR count). The third-order valence-electron chi connectivity index (χ3n) is 2.72. The normalized spacial score (nSPS) is 11.6. The van der Waals surface area contributed by atoms with Gasteiger partial charge in [0, 0.05) is 18.7 Å². The van der Waals surface area contributed by atoms with E-state index in [0.29, 0.717) is 9.87 Å². The van der Waals surface area contributed by atoms with Crippen molar-refractivity contribution in [1.82, 2.24) is 4.31 Å². The molecule has 20 heavy (non-hydrogen) atoms. The zero-order valence-corrected chi connectivity index (χ0v) is 12.0. The number of nitro groups is 1. The Morgan fingerprint density at radius 2 is 1.95 bits per heavy atom. The Balaban J connectivity index is 3.46. The summed E-state index contributed by atoms with van der Waals surface area (Å²) in [6.07, 6.45) is 0. The van der Waals surface area contributed by atoms with Gasteiger partial charge >= 0.3 is 5.97 Å². The van der Waals surface area contributed by atoms with Crippen LogP contribution >= 0.6 is 0 Å². The Morgan fingerprint density at radius 1 is 1.40 bits per heavy atom. The molecule has 110 valence electrons. The van der Waals surface area contributed by atoms with E-state index in [2.05, 4.69) is 0 Å². The van der Waals surface area contributed by atoms with Gasteiger partial charge in [0.1, 0.15) is 6.54 Å². The second-order valence-corrected chi connectivity index (χ2v) is 6.33. The summed E-state index contributed by atoms with van der Waals surface area (Å²) >= 11 is 0. The van der Waals surface area contributed by atoms with Crippen molar-refractivity contribution in [2.75, 3.05) is 13.6 Å². The standard InChI is InChI=1S/C11H14N2O6S/c1-7-4-9(13(16)17)8(2)10(5-7)20(18,19)12(3)6-11(14)15/h4-5H,6H2,1-3H3,(H,14,15). The van der Waals surface area contributed by atoms with Crippen molar-refractivity contribution in [2.45, 2.75) is 18.7 Å². The fourth-order valence-electron chi connectivity index (χ4n) is 1.71. The van der Waals surface area contributed by atoms with Crippen LogP contribution in [0.5, 0.6) is 0 Å². The number of likely N-dealkylation sites (N-methyl/N-ethyl adjacent to an activating group) is 1. The molecular weight excluding hydrogens is 288 g/mol. The van der Waals surface area contributed by atoms with Crippen LogP contribution in [0.4, 0.5) is 5.69 Å². The summed E-state index contributed by atoms with van der Waals surface area (Å²) in [5, 5.41) is 19.6. The molecule has 0 aliphatic heterocycles. The highest BCUT2D eigenvalue weighted by Gasteiger charge is 2.28. The highest BCUT2D eigenvalue weighted by Crippen LogP contribution is 2.28. The number of carboxylic acid groups (broad SMARTS) is 1. The quantitative estimate of drug-likeness (QED) is 0.638. The fourth-order valence-corrected chi connectivity index (χ4v) is 3.15. The van der Waals surface area contributed by atoms with Crippen LogP contribution < -0.4 is 0 Å². The predicted octanol–water partition coefficient (Wildman–Crippen LogP) is 0.917. The molecule has 0 bridgehead atoms. The fraction of sp³-hybridized carbons (Fsp3) is 0.364. The summed E-state index contributed by atoms with van der Waals surface area (Å²) in [6.45, 7) is 2.13. The maximum atomic E-state index is 12.3. The number of carboxylic acids is 1. The van der Waals surface area contributed by atoms with Gasteiger partial charge in [0.05, 0.1) is 9.82 Å². The number of aryl methyl sites for hydroxylation is 1. The molecule has 0 amide bonds. The Bertz CT molecular complexity index is 668. The molecule has 0 aromatic heterocycles. The number of benzene rings is 1. The van der Waals surface area contributed by atoms with E-state index in [1.165, 1.54) is 26.0 Å². The lowest BCUT2D eigenvalue weighted by Crippen LogP contribution is -2.32. The minimum Gasteiger partial charge on any atom is -0.480 e. The Kier molecular flexibility index (Phi) is 4.46. The topological polar surface area (TPSA) is 118 Å². The molecule has 0 aliphatic rings. The summed E-state index contributed by atoms with van der Waals surface area (Å²) in [5.74, 6) is -1.31. The zero-order valence-electron chi connectivity index (χ0n) is 11.2. The summed E-state index contributed by atoms with van der Waals surface area (Å²) in [4.78, 5) is 20.6. The summed E-state index contributed by atoms with van der Waals surface area (Å²) in [5.41, 5.74) is 0.0785. The third-order valence-corrected chi connectivity index (χ3v) is 4.65. The van der Waals surface area contributed by atoms with Crippen LogP contribution in [-0.2, 0) is 14.8 Å². The van der Waals surface area contributed by atoms with Crippen LogP contribution in [0.25, 0.3) is 0 Å². The van der Waals surface area contributed by atoms with E-state index in [1.807, 2.05) is 0 Å². The first kappa shape index (κ1) is 16.1. The average Bonchev–Trinajstić information content (AvgIpc) is 2.30. The van der Waals surface area contributed by atoms with Crippen LogP contribution in [0.15, 0.2) is 17.0 Å². The van der Waals surface area contributed by atoms with Crippen molar-refractivity contribution in [2.24, 2.45) is 0 Å². The van der Waals surface area contributed by atoms with Crippen molar-refractivity contribution in [3.63, 3.8) is 0 Å². The van der Waals surface area contributed by atoms with Crippen LogP contribution in [0.2, 0.25) is 0 Å². The second kappa shape index (κ2) is 5.55. The number of sulfonamides is 1. The van der Waals surface area contributed by atoms with Crippen LogP contribution in [-0.4, -0.2) is 42.3 Å². The van der Waals surface area contributed by atoms with E-state index >= 15 is 0 Å². The molecule has 9 heteroatoms. The van der Waals surface area contributed by atoms with Gasteiger partial charge in [-0.05, 0) is 25.5 Å². The smallest absolute Gasteiger partial charge is 0.318 e. The van der Waals surface area contributed by atoms with Gasteiger partial charge in [-0.25, -0.2) is 8.42 Å². The van der Waals surface area contributed by atoms with Crippen molar-refractivity contribution in [3.8, 4) is 0 Å². The molecule has 0 radical (unpaired) electrons. The number of carbonyl (C=O) groups is 1. The van der Waals surface area contributed by atoms with E-state index in [4.69, 9.17) is 5.11 Å². The maximum Gasteiger partial charge on any atom is 0.318 e. The molecule has 0 aliphatic carbocycles. The number of hydrogen-bond acceptors (Lipinski definition) is 5. The van der Waals surface area contributed by atoms with E-state index < -0.39 is 27.5 Å². The molecule has 0 saturated carbocycles. The van der Waals surface area contributed by atoms with Gasteiger partial charge in [-0.2, -0.15) is 4.31 Å². The van der Waals surface area contributed by atoms with Crippen molar-refractivity contribution >= 4 is 21.7 Å². The highest BCUT2D eigenvalue weighted by atomic mass is 32.2. The van der Waals surface area contributed by atoms with Crippen LogP contribution in [0.1, 0.15) is 11.1 Å². The Hall–Kier alpha value is -2.00. The van der Waals surface area contributed by atoms with Gasteiger partial charge in [-0.3, -0.25) is 14.9 Å². The number of rotatable bonds is 5. The number of nitro benzene ring substituents is 1. The molecule has 0 atom stereocenters. The first-order chi connectivity index (χ1) is 9.07. The first-order valence-corrected chi connectivity index (χ1v) is 6.95. The molecular formula is C11H14N2O6S. The SMILES string of the molecule is Cc1cc([N+](=O)[O-])c(C)c(S(=O)(=O)N(C)CC(=O)O)c1. The Labute approximate surface area is 115 Å². The number of aliphatic carboxylic acids is 1. The Morgan fingerprint density at radius 3 is 2.40 bits per heavy atom. The van der Waals surface area contributed by atoms with Gasteiger partial charge in [-0.15, -0.1) is 0 Å². The highest BCUT2D eigenvalue weighted by molar-refractivity contribution is 7.89. The average molecular weight is 302 g/mol. The third kappa shape index (κ3) is 3.11. The second-order valence-electron chi connectivity index (χ2n) is 4.32. The summed E-state index contributed by atoms with van der Waals surface area (Å²) in [7, 11) is -2.99. The molecule has 0 fully saturated rings. The molecule has 1 aromatic carbocycles. The zero-order chi connectivity index (χ0) is 15.7. The lowest BCUT2D eigenvalue weighted by Gasteiger charge is -2.17. The maximum absolute atomic E-state index is 12.3. The van der Waals surface area contributed by atoms with E-state index in [9.17, 15) is 23.3 Å². The largest absolute Gasteiger partial charge is 0.480 e. The molecule has 8 nitrogen and oxygen atoms in total. The van der Waals surface area contributed by atoms with E-state index in [-0.39, 0.29) is 16.1 Å². The van der Waals surface area contributed by atoms with Gasteiger partial charge in [0.15, 0.2) is 0 Å². The monoisotopic (exact) mass is 302 g/mol.